The minimum Gasteiger partial charge on any atom is -0.476 e. The van der Waals surface area contributed by atoms with Crippen molar-refractivity contribution >= 4 is 22.3 Å². The average Bonchev–Trinajstić information content (AvgIpc) is 2.85. The van der Waals surface area contributed by atoms with E-state index in [0.29, 0.717) is 11.5 Å². The molecule has 5 heteroatoms. The SMILES string of the molecule is CC(Nc1scnc1C(=O)O)C12CC3CC(CC(C3)C1)C2. The van der Waals surface area contributed by atoms with Crippen LogP contribution < -0.4 is 5.32 Å². The smallest absolute Gasteiger partial charge is 0.357 e. The Morgan fingerprint density at radius 1 is 1.33 bits per heavy atom. The summed E-state index contributed by atoms with van der Waals surface area (Å²) in [6.45, 7) is 2.25. The molecule has 2 N–H and O–H groups in total. The first-order valence-corrected chi connectivity index (χ1v) is 8.87. The molecule has 5 rings (SSSR count). The summed E-state index contributed by atoms with van der Waals surface area (Å²) < 4.78 is 0. The first-order chi connectivity index (χ1) is 10.1. The minimum absolute atomic E-state index is 0.177. The molecule has 0 radical (unpaired) electrons. The zero-order chi connectivity index (χ0) is 14.6. The number of carboxylic acids is 1. The van der Waals surface area contributed by atoms with Crippen LogP contribution in [0.3, 0.4) is 0 Å². The molecule has 4 aliphatic carbocycles. The molecule has 1 unspecified atom stereocenters. The van der Waals surface area contributed by atoms with Gasteiger partial charge in [-0.2, -0.15) is 0 Å². The summed E-state index contributed by atoms with van der Waals surface area (Å²) in [6.07, 6.45) is 8.30. The summed E-state index contributed by atoms with van der Waals surface area (Å²) in [5.41, 5.74) is 2.18. The molecule has 0 spiro atoms. The summed E-state index contributed by atoms with van der Waals surface area (Å²) >= 11 is 1.41. The Labute approximate surface area is 129 Å². The van der Waals surface area contributed by atoms with Gasteiger partial charge in [0.1, 0.15) is 5.00 Å². The van der Waals surface area contributed by atoms with Crippen LogP contribution in [0, 0.1) is 23.2 Å². The number of thiazole rings is 1. The Hall–Kier alpha value is -1.10. The molecule has 114 valence electrons. The third-order valence-corrected chi connectivity index (χ3v) is 6.88. The summed E-state index contributed by atoms with van der Waals surface area (Å²) in [4.78, 5) is 15.2. The number of aromatic carboxylic acids is 1. The van der Waals surface area contributed by atoms with Gasteiger partial charge in [0.15, 0.2) is 5.69 Å². The summed E-state index contributed by atoms with van der Waals surface area (Å²) in [5, 5.41) is 13.4. The fraction of sp³-hybridized carbons (Fsp3) is 0.750. The molecular formula is C16H22N2O2S. The van der Waals surface area contributed by atoms with Crippen molar-refractivity contribution < 1.29 is 9.90 Å². The number of carbonyl (C=O) groups is 1. The van der Waals surface area contributed by atoms with Gasteiger partial charge in [0, 0.05) is 6.04 Å². The fourth-order valence-electron chi connectivity index (χ4n) is 5.56. The first kappa shape index (κ1) is 13.6. The van der Waals surface area contributed by atoms with Gasteiger partial charge < -0.3 is 10.4 Å². The maximum absolute atomic E-state index is 11.2. The minimum atomic E-state index is -0.934. The highest BCUT2D eigenvalue weighted by Crippen LogP contribution is 2.61. The molecule has 4 saturated carbocycles. The Kier molecular flexibility index (Phi) is 3.03. The van der Waals surface area contributed by atoms with E-state index in [0.717, 1.165) is 22.8 Å². The van der Waals surface area contributed by atoms with Crippen LogP contribution in [0.2, 0.25) is 0 Å². The van der Waals surface area contributed by atoms with E-state index in [4.69, 9.17) is 0 Å². The molecule has 4 aliphatic rings. The van der Waals surface area contributed by atoms with Gasteiger partial charge in [0.2, 0.25) is 0 Å². The van der Waals surface area contributed by atoms with Crippen LogP contribution in [0.4, 0.5) is 5.00 Å². The largest absolute Gasteiger partial charge is 0.476 e. The van der Waals surface area contributed by atoms with Crippen molar-refractivity contribution in [3.8, 4) is 0 Å². The van der Waals surface area contributed by atoms with E-state index in [2.05, 4.69) is 17.2 Å². The summed E-state index contributed by atoms with van der Waals surface area (Å²) in [5.74, 6) is 1.82. The highest BCUT2D eigenvalue weighted by Gasteiger charge is 2.53. The molecule has 21 heavy (non-hydrogen) atoms. The quantitative estimate of drug-likeness (QED) is 0.886. The molecule has 4 nitrogen and oxygen atoms in total. The number of anilines is 1. The van der Waals surface area contributed by atoms with E-state index in [1.54, 1.807) is 5.51 Å². The normalized spacial score (nSPS) is 38.4. The summed E-state index contributed by atoms with van der Waals surface area (Å²) in [7, 11) is 0. The van der Waals surface area contributed by atoms with E-state index in [1.807, 2.05) is 0 Å². The second-order valence-electron chi connectivity index (χ2n) is 7.48. The van der Waals surface area contributed by atoms with Crippen molar-refractivity contribution in [3.05, 3.63) is 11.2 Å². The van der Waals surface area contributed by atoms with Crippen LogP contribution in [0.15, 0.2) is 5.51 Å². The van der Waals surface area contributed by atoms with Crippen molar-refractivity contribution in [2.24, 2.45) is 23.2 Å². The molecule has 1 atom stereocenters. The second kappa shape index (κ2) is 4.70. The van der Waals surface area contributed by atoms with Gasteiger partial charge >= 0.3 is 5.97 Å². The van der Waals surface area contributed by atoms with Crippen molar-refractivity contribution in [2.75, 3.05) is 5.32 Å². The monoisotopic (exact) mass is 306 g/mol. The fourth-order valence-corrected chi connectivity index (χ4v) is 6.32. The molecule has 4 bridgehead atoms. The number of rotatable bonds is 4. The lowest BCUT2D eigenvalue weighted by Crippen LogP contribution is -2.52. The van der Waals surface area contributed by atoms with E-state index in [9.17, 15) is 9.90 Å². The van der Waals surface area contributed by atoms with Crippen LogP contribution >= 0.6 is 11.3 Å². The Balaban J connectivity index is 1.56. The van der Waals surface area contributed by atoms with E-state index in [-0.39, 0.29) is 5.69 Å². The standard InChI is InChI=1S/C16H22N2O2S/c1-9(18-14-13(15(19)20)17-8-21-14)16-5-10-2-11(6-16)4-12(3-10)7-16/h8-12,18H,2-7H2,1H3,(H,19,20). The first-order valence-electron chi connectivity index (χ1n) is 7.99. The van der Waals surface area contributed by atoms with Gasteiger partial charge in [-0.15, -0.1) is 11.3 Å². The maximum atomic E-state index is 11.2. The Morgan fingerprint density at radius 2 is 1.90 bits per heavy atom. The number of hydrogen-bond donors (Lipinski definition) is 2. The molecular weight excluding hydrogens is 284 g/mol. The van der Waals surface area contributed by atoms with Crippen LogP contribution in [-0.4, -0.2) is 22.1 Å². The lowest BCUT2D eigenvalue weighted by atomic mass is 9.48. The zero-order valence-electron chi connectivity index (χ0n) is 12.3. The molecule has 0 amide bonds. The zero-order valence-corrected chi connectivity index (χ0v) is 13.2. The van der Waals surface area contributed by atoms with E-state index < -0.39 is 5.97 Å². The maximum Gasteiger partial charge on any atom is 0.357 e. The average molecular weight is 306 g/mol. The number of nitrogens with zero attached hydrogens (tertiary/aromatic N) is 1. The van der Waals surface area contributed by atoms with E-state index >= 15 is 0 Å². The van der Waals surface area contributed by atoms with Gasteiger partial charge in [-0.25, -0.2) is 9.78 Å². The molecule has 1 aromatic heterocycles. The second-order valence-corrected chi connectivity index (χ2v) is 8.34. The topological polar surface area (TPSA) is 62.2 Å². The van der Waals surface area contributed by atoms with Gasteiger partial charge in [-0.05, 0) is 68.6 Å². The number of carboxylic acid groups (broad SMARTS) is 1. The van der Waals surface area contributed by atoms with Crippen LogP contribution in [0.25, 0.3) is 0 Å². The van der Waals surface area contributed by atoms with Gasteiger partial charge in [-0.1, -0.05) is 0 Å². The predicted octanol–water partition coefficient (Wildman–Crippen LogP) is 3.86. The van der Waals surface area contributed by atoms with Crippen molar-refractivity contribution in [1.29, 1.82) is 0 Å². The molecule has 1 heterocycles. The molecule has 4 fully saturated rings. The van der Waals surface area contributed by atoms with Gasteiger partial charge in [-0.3, -0.25) is 0 Å². The Bertz CT molecular complexity index is 533. The Morgan fingerprint density at radius 3 is 2.43 bits per heavy atom. The highest BCUT2D eigenvalue weighted by molar-refractivity contribution is 7.14. The van der Waals surface area contributed by atoms with Gasteiger partial charge in [0.25, 0.3) is 0 Å². The van der Waals surface area contributed by atoms with Crippen molar-refractivity contribution in [2.45, 2.75) is 51.5 Å². The number of nitrogens with one attached hydrogen (secondary N) is 1. The lowest BCUT2D eigenvalue weighted by Gasteiger charge is -2.59. The van der Waals surface area contributed by atoms with E-state index in [1.165, 1.54) is 49.9 Å². The molecule has 1 aromatic rings. The van der Waals surface area contributed by atoms with Crippen LogP contribution in [-0.2, 0) is 0 Å². The number of aromatic nitrogens is 1. The lowest BCUT2D eigenvalue weighted by molar-refractivity contribution is -0.0602. The van der Waals surface area contributed by atoms with Crippen molar-refractivity contribution in [1.82, 2.24) is 4.98 Å². The third-order valence-electron chi connectivity index (χ3n) is 6.12. The molecule has 0 aliphatic heterocycles. The number of hydrogen-bond acceptors (Lipinski definition) is 4. The molecule has 0 saturated heterocycles. The van der Waals surface area contributed by atoms with Crippen LogP contribution in [0.1, 0.15) is 55.9 Å². The predicted molar refractivity (Wildman–Crippen MR) is 82.8 cm³/mol. The van der Waals surface area contributed by atoms with Gasteiger partial charge in [0.05, 0.1) is 5.51 Å². The van der Waals surface area contributed by atoms with Crippen LogP contribution in [0.5, 0.6) is 0 Å². The third kappa shape index (κ3) is 2.17. The highest BCUT2D eigenvalue weighted by atomic mass is 32.1. The molecule has 0 aromatic carbocycles. The van der Waals surface area contributed by atoms with Crippen molar-refractivity contribution in [3.63, 3.8) is 0 Å². The summed E-state index contributed by atoms with van der Waals surface area (Å²) in [6, 6.07) is 0.337.